The number of alkyl halides is 3. The molecule has 0 saturated carbocycles. The average molecular weight is 299 g/mol. The van der Waals surface area contributed by atoms with Crippen LogP contribution in [0.4, 0.5) is 13.2 Å². The van der Waals surface area contributed by atoms with Gasteiger partial charge in [-0.25, -0.2) is 4.79 Å². The third-order valence-corrected chi connectivity index (χ3v) is 1.53. The quantitative estimate of drug-likeness (QED) is 0.758. The van der Waals surface area contributed by atoms with Crippen LogP contribution < -0.4 is 5.73 Å². The van der Waals surface area contributed by atoms with Gasteiger partial charge in [-0.2, -0.15) is 13.2 Å². The maximum absolute atomic E-state index is 10.9. The van der Waals surface area contributed by atoms with E-state index in [1.54, 1.807) is 6.92 Å². The van der Waals surface area contributed by atoms with Gasteiger partial charge in [0.15, 0.2) is 0 Å². The predicted molar refractivity (Wildman–Crippen MR) is 56.2 cm³/mol. The Morgan fingerprint density at radius 1 is 1.35 bits per heavy atom. The molecule has 0 radical (unpaired) electrons. The van der Waals surface area contributed by atoms with Gasteiger partial charge in [0.05, 0.1) is 13.2 Å². The molecule has 0 saturated heterocycles. The first-order valence-corrected chi connectivity index (χ1v) is 5.17. The molecule has 0 amide bonds. The first kappa shape index (κ1) is 17.8. The number of carboxylic acids is 1. The first-order valence-electron chi connectivity index (χ1n) is 5.17. The fourth-order valence-corrected chi connectivity index (χ4v) is 0.778. The summed E-state index contributed by atoms with van der Waals surface area (Å²) in [6, 6.07) is 0. The minimum atomic E-state index is -5.08. The molecule has 8 nitrogen and oxygen atoms in total. The second-order valence-corrected chi connectivity index (χ2v) is 3.08. The van der Waals surface area contributed by atoms with Crippen molar-refractivity contribution in [1.82, 2.24) is 10.2 Å². The lowest BCUT2D eigenvalue weighted by atomic mass is 10.4. The molecule has 1 heterocycles. The molecular formula is C9H12F3N3O5. The Labute approximate surface area is 110 Å². The van der Waals surface area contributed by atoms with E-state index in [4.69, 9.17) is 24.8 Å². The number of carbonyl (C=O) groups excluding carboxylic acids is 1. The van der Waals surface area contributed by atoms with Crippen LogP contribution in [-0.2, 0) is 27.3 Å². The number of carbonyl (C=O) groups is 2. The van der Waals surface area contributed by atoms with Crippen molar-refractivity contribution in [2.45, 2.75) is 26.1 Å². The Morgan fingerprint density at radius 2 is 1.85 bits per heavy atom. The molecule has 0 bridgehead atoms. The molecule has 0 fully saturated rings. The lowest BCUT2D eigenvalue weighted by Crippen LogP contribution is -2.21. The molecular weight excluding hydrogens is 287 g/mol. The fraction of sp³-hybridized carbons (Fsp3) is 0.556. The van der Waals surface area contributed by atoms with Crippen LogP contribution in [-0.4, -0.2) is 40.0 Å². The summed E-state index contributed by atoms with van der Waals surface area (Å²) in [7, 11) is 0. The molecule has 20 heavy (non-hydrogen) atoms. The number of halogens is 3. The second kappa shape index (κ2) is 8.09. The molecule has 0 unspecified atom stereocenters. The number of carboxylic acid groups (broad SMARTS) is 1. The van der Waals surface area contributed by atoms with Crippen LogP contribution in [0.2, 0.25) is 0 Å². The Hall–Kier alpha value is -2.17. The number of rotatable bonds is 4. The molecule has 0 spiro atoms. The number of aliphatic carboxylic acids is 1. The molecule has 114 valence electrons. The largest absolute Gasteiger partial charge is 0.490 e. The fourth-order valence-electron chi connectivity index (χ4n) is 0.778. The highest BCUT2D eigenvalue weighted by Gasteiger charge is 2.38. The molecule has 3 N–H and O–H groups in total. The van der Waals surface area contributed by atoms with Gasteiger partial charge < -0.3 is 20.0 Å². The summed E-state index contributed by atoms with van der Waals surface area (Å²) in [6.07, 6.45) is -5.08. The van der Waals surface area contributed by atoms with Crippen LogP contribution >= 0.6 is 0 Å². The molecule has 11 heteroatoms. The summed E-state index contributed by atoms with van der Waals surface area (Å²) >= 11 is 0. The van der Waals surface area contributed by atoms with Crippen LogP contribution in [0.1, 0.15) is 18.7 Å². The standard InChI is InChI=1S/C7H11N3O3.C2HF3O2/c1-2-12-7(11)3-5-9-10-6(4-8)13-5;3-2(4,5)1(6)7/h2-4,8H2,1H3;(H,6,7). The van der Waals surface area contributed by atoms with Crippen molar-refractivity contribution in [3.63, 3.8) is 0 Å². The van der Waals surface area contributed by atoms with E-state index < -0.39 is 12.1 Å². The third-order valence-electron chi connectivity index (χ3n) is 1.53. The van der Waals surface area contributed by atoms with E-state index in [1.807, 2.05) is 0 Å². The molecule has 0 aliphatic rings. The van der Waals surface area contributed by atoms with Crippen molar-refractivity contribution in [2.75, 3.05) is 6.61 Å². The van der Waals surface area contributed by atoms with E-state index in [2.05, 4.69) is 10.2 Å². The summed E-state index contributed by atoms with van der Waals surface area (Å²) in [5.41, 5.74) is 5.24. The smallest absolute Gasteiger partial charge is 0.475 e. The SMILES string of the molecule is CCOC(=O)Cc1nnc(CN)o1.O=C(O)C(F)(F)F. The summed E-state index contributed by atoms with van der Waals surface area (Å²) in [5, 5.41) is 14.3. The number of nitrogens with two attached hydrogens (primary N) is 1. The summed E-state index contributed by atoms with van der Waals surface area (Å²) in [6.45, 7) is 2.25. The number of aromatic nitrogens is 2. The molecule has 1 aromatic heterocycles. The number of hydrogen-bond acceptors (Lipinski definition) is 7. The summed E-state index contributed by atoms with van der Waals surface area (Å²) < 4.78 is 41.4. The minimum absolute atomic E-state index is 0.000833. The highest BCUT2D eigenvalue weighted by atomic mass is 19.4. The van der Waals surface area contributed by atoms with Gasteiger partial charge >= 0.3 is 18.1 Å². The molecule has 1 aromatic rings. The third kappa shape index (κ3) is 7.31. The van der Waals surface area contributed by atoms with Gasteiger partial charge in [-0.05, 0) is 6.92 Å². The van der Waals surface area contributed by atoms with Crippen LogP contribution in [0.3, 0.4) is 0 Å². The van der Waals surface area contributed by atoms with E-state index in [9.17, 15) is 18.0 Å². The number of ether oxygens (including phenoxy) is 1. The predicted octanol–water partition coefficient (Wildman–Crippen LogP) is 0.267. The highest BCUT2D eigenvalue weighted by Crippen LogP contribution is 2.13. The average Bonchev–Trinajstić information content (AvgIpc) is 2.76. The monoisotopic (exact) mass is 299 g/mol. The molecule has 0 aliphatic heterocycles. The molecule has 0 atom stereocenters. The van der Waals surface area contributed by atoms with Crippen LogP contribution in [0.15, 0.2) is 4.42 Å². The first-order chi connectivity index (χ1) is 9.20. The maximum Gasteiger partial charge on any atom is 0.490 e. The van der Waals surface area contributed by atoms with Gasteiger partial charge in [-0.3, -0.25) is 4.79 Å². The van der Waals surface area contributed by atoms with Gasteiger partial charge in [0.2, 0.25) is 11.8 Å². The zero-order valence-corrected chi connectivity index (χ0v) is 10.3. The van der Waals surface area contributed by atoms with Crippen molar-refractivity contribution >= 4 is 11.9 Å². The molecule has 0 aromatic carbocycles. The van der Waals surface area contributed by atoms with Gasteiger partial charge in [-0.15, -0.1) is 10.2 Å². The Balaban J connectivity index is 0.000000441. The number of nitrogens with zero attached hydrogens (tertiary/aromatic N) is 2. The van der Waals surface area contributed by atoms with Crippen molar-refractivity contribution in [3.05, 3.63) is 11.8 Å². The van der Waals surface area contributed by atoms with Crippen molar-refractivity contribution in [3.8, 4) is 0 Å². The van der Waals surface area contributed by atoms with Gasteiger partial charge in [0.25, 0.3) is 0 Å². The highest BCUT2D eigenvalue weighted by molar-refractivity contribution is 5.73. The van der Waals surface area contributed by atoms with Gasteiger partial charge in [0.1, 0.15) is 6.42 Å². The van der Waals surface area contributed by atoms with E-state index in [1.165, 1.54) is 0 Å². The lowest BCUT2D eigenvalue weighted by molar-refractivity contribution is -0.192. The topological polar surface area (TPSA) is 129 Å². The lowest BCUT2D eigenvalue weighted by Gasteiger charge is -1.96. The number of hydrogen-bond donors (Lipinski definition) is 2. The Bertz CT molecular complexity index is 446. The zero-order valence-electron chi connectivity index (χ0n) is 10.3. The molecule has 1 rings (SSSR count). The Morgan fingerprint density at radius 3 is 2.20 bits per heavy atom. The minimum Gasteiger partial charge on any atom is -0.475 e. The van der Waals surface area contributed by atoms with Crippen molar-refractivity contribution < 1.29 is 37.0 Å². The molecule has 0 aliphatic carbocycles. The van der Waals surface area contributed by atoms with Crippen LogP contribution in [0.5, 0.6) is 0 Å². The van der Waals surface area contributed by atoms with Crippen LogP contribution in [0, 0.1) is 0 Å². The zero-order chi connectivity index (χ0) is 15.8. The van der Waals surface area contributed by atoms with E-state index >= 15 is 0 Å². The van der Waals surface area contributed by atoms with E-state index in [0.29, 0.717) is 12.5 Å². The summed E-state index contributed by atoms with van der Waals surface area (Å²) in [5.74, 6) is -2.58. The maximum atomic E-state index is 10.9. The van der Waals surface area contributed by atoms with Crippen molar-refractivity contribution in [2.24, 2.45) is 5.73 Å². The second-order valence-electron chi connectivity index (χ2n) is 3.08. The van der Waals surface area contributed by atoms with Gasteiger partial charge in [0, 0.05) is 0 Å². The van der Waals surface area contributed by atoms with E-state index in [-0.39, 0.29) is 24.8 Å². The van der Waals surface area contributed by atoms with Crippen molar-refractivity contribution in [1.29, 1.82) is 0 Å². The summed E-state index contributed by atoms with van der Waals surface area (Å²) in [4.78, 5) is 19.8. The van der Waals surface area contributed by atoms with E-state index in [0.717, 1.165) is 0 Å². The van der Waals surface area contributed by atoms with Gasteiger partial charge in [-0.1, -0.05) is 0 Å². The Kier molecular flexibility index (Phi) is 7.21. The normalized spacial score (nSPS) is 10.4. The number of esters is 1. The van der Waals surface area contributed by atoms with Crippen LogP contribution in [0.25, 0.3) is 0 Å².